The van der Waals surface area contributed by atoms with Gasteiger partial charge in [0.15, 0.2) is 13.2 Å². The summed E-state index contributed by atoms with van der Waals surface area (Å²) in [5.74, 6) is 0.850. The molecule has 27 heavy (non-hydrogen) atoms. The van der Waals surface area contributed by atoms with Crippen molar-refractivity contribution in [2.45, 2.75) is 6.42 Å². The van der Waals surface area contributed by atoms with Crippen molar-refractivity contribution in [2.24, 2.45) is 0 Å². The second kappa shape index (κ2) is 11.6. The Morgan fingerprint density at radius 1 is 0.704 bits per heavy atom. The van der Waals surface area contributed by atoms with Gasteiger partial charge in [-0.05, 0) is 55.0 Å². The third-order valence-corrected chi connectivity index (χ3v) is 4.42. The van der Waals surface area contributed by atoms with Crippen molar-refractivity contribution in [3.63, 3.8) is 0 Å². The fraction of sp³-hybridized carbons (Fsp3) is 0.263. The molecule has 0 aliphatic carbocycles. The maximum absolute atomic E-state index is 11.7. The number of carbonyl (C=O) groups is 2. The number of nitrogens with one attached hydrogen (secondary N) is 2. The molecule has 0 aliphatic rings. The molecule has 2 aromatic rings. The average Bonchev–Trinajstić information content (AvgIpc) is 2.67. The molecule has 2 aromatic carbocycles. The first-order valence-corrected chi connectivity index (χ1v) is 9.91. The highest BCUT2D eigenvalue weighted by molar-refractivity contribution is 9.10. The summed E-state index contributed by atoms with van der Waals surface area (Å²) in [5, 5.41) is 5.48. The third-order valence-electron chi connectivity index (χ3n) is 3.37. The van der Waals surface area contributed by atoms with Crippen molar-refractivity contribution < 1.29 is 19.1 Å². The molecule has 0 aliphatic heterocycles. The van der Waals surface area contributed by atoms with Crippen LogP contribution in [0.15, 0.2) is 57.5 Å². The van der Waals surface area contributed by atoms with Crippen LogP contribution in [0.4, 0.5) is 0 Å². The summed E-state index contributed by atoms with van der Waals surface area (Å²) < 4.78 is 12.7. The average molecular weight is 500 g/mol. The van der Waals surface area contributed by atoms with Gasteiger partial charge in [0.05, 0.1) is 0 Å². The SMILES string of the molecule is O=C(COc1ccc(Br)cc1)NCCCNC(=O)COc1ccc(Br)cc1. The van der Waals surface area contributed by atoms with Gasteiger partial charge in [0, 0.05) is 22.0 Å². The number of benzene rings is 2. The molecule has 144 valence electrons. The molecule has 0 saturated heterocycles. The molecule has 0 atom stereocenters. The van der Waals surface area contributed by atoms with Crippen LogP contribution < -0.4 is 20.1 Å². The highest BCUT2D eigenvalue weighted by atomic mass is 79.9. The van der Waals surface area contributed by atoms with Gasteiger partial charge in [0.25, 0.3) is 11.8 Å². The Morgan fingerprint density at radius 2 is 1.07 bits per heavy atom. The number of carbonyl (C=O) groups excluding carboxylic acids is 2. The lowest BCUT2D eigenvalue weighted by atomic mass is 10.3. The predicted octanol–water partition coefficient (Wildman–Crippen LogP) is 3.29. The van der Waals surface area contributed by atoms with E-state index in [0.29, 0.717) is 31.0 Å². The second-order valence-electron chi connectivity index (χ2n) is 5.54. The molecule has 0 aromatic heterocycles. The Bertz CT molecular complexity index is 673. The van der Waals surface area contributed by atoms with Crippen LogP contribution in [0.1, 0.15) is 6.42 Å². The van der Waals surface area contributed by atoms with Gasteiger partial charge in [-0.2, -0.15) is 0 Å². The van der Waals surface area contributed by atoms with Crippen molar-refractivity contribution >= 4 is 43.7 Å². The Balaban J connectivity index is 1.50. The van der Waals surface area contributed by atoms with Crippen LogP contribution in [0.25, 0.3) is 0 Å². The molecule has 0 heterocycles. The summed E-state index contributed by atoms with van der Waals surface area (Å²) in [5.41, 5.74) is 0. The lowest BCUT2D eigenvalue weighted by Gasteiger charge is -2.09. The molecule has 0 fully saturated rings. The van der Waals surface area contributed by atoms with Crippen LogP contribution in [-0.4, -0.2) is 38.1 Å². The highest BCUT2D eigenvalue weighted by Gasteiger charge is 2.04. The maximum Gasteiger partial charge on any atom is 0.257 e. The minimum atomic E-state index is -0.206. The summed E-state index contributed by atoms with van der Waals surface area (Å²) >= 11 is 6.67. The molecule has 2 N–H and O–H groups in total. The molecule has 2 rings (SSSR count). The number of amides is 2. The van der Waals surface area contributed by atoms with E-state index in [2.05, 4.69) is 42.5 Å². The van der Waals surface area contributed by atoms with Crippen LogP contribution >= 0.6 is 31.9 Å². The zero-order valence-corrected chi connectivity index (χ0v) is 17.7. The highest BCUT2D eigenvalue weighted by Crippen LogP contribution is 2.16. The van der Waals surface area contributed by atoms with Gasteiger partial charge in [-0.1, -0.05) is 31.9 Å². The van der Waals surface area contributed by atoms with Crippen molar-refractivity contribution in [1.82, 2.24) is 10.6 Å². The molecule has 0 saturated carbocycles. The van der Waals surface area contributed by atoms with E-state index in [1.54, 1.807) is 24.3 Å². The Labute approximate surface area is 174 Å². The number of halogens is 2. The second-order valence-corrected chi connectivity index (χ2v) is 7.37. The molecule has 8 heteroatoms. The quantitative estimate of drug-likeness (QED) is 0.492. The number of rotatable bonds is 10. The summed E-state index contributed by atoms with van der Waals surface area (Å²) in [6.45, 7) is 0.816. The standard InChI is InChI=1S/C19H20Br2N2O4/c20-14-2-6-16(7-3-14)26-12-18(24)22-10-1-11-23-19(25)13-27-17-8-4-15(21)5-9-17/h2-9H,1,10-13H2,(H,22,24)(H,23,25). The van der Waals surface area contributed by atoms with E-state index >= 15 is 0 Å². The number of ether oxygens (including phenoxy) is 2. The van der Waals surface area contributed by atoms with Gasteiger partial charge < -0.3 is 20.1 Å². The lowest BCUT2D eigenvalue weighted by Crippen LogP contribution is -2.34. The molecule has 0 spiro atoms. The van der Waals surface area contributed by atoms with Crippen LogP contribution in [-0.2, 0) is 9.59 Å². The van der Waals surface area contributed by atoms with E-state index in [-0.39, 0.29) is 25.0 Å². The summed E-state index contributed by atoms with van der Waals surface area (Å²) in [4.78, 5) is 23.4. The molecule has 6 nitrogen and oxygen atoms in total. The van der Waals surface area contributed by atoms with Gasteiger partial charge in [-0.15, -0.1) is 0 Å². The summed E-state index contributed by atoms with van der Waals surface area (Å²) in [6, 6.07) is 14.5. The first-order valence-electron chi connectivity index (χ1n) is 8.33. The van der Waals surface area contributed by atoms with E-state index in [0.717, 1.165) is 8.95 Å². The summed E-state index contributed by atoms with van der Waals surface area (Å²) in [7, 11) is 0. The van der Waals surface area contributed by atoms with Gasteiger partial charge >= 0.3 is 0 Å². The lowest BCUT2D eigenvalue weighted by molar-refractivity contribution is -0.123. The van der Waals surface area contributed by atoms with Gasteiger partial charge in [0.1, 0.15) is 11.5 Å². The van der Waals surface area contributed by atoms with E-state index in [4.69, 9.17) is 9.47 Å². The monoisotopic (exact) mass is 498 g/mol. The predicted molar refractivity (Wildman–Crippen MR) is 110 cm³/mol. The first kappa shape index (κ1) is 21.2. The maximum atomic E-state index is 11.7. The van der Waals surface area contributed by atoms with Gasteiger partial charge in [-0.25, -0.2) is 0 Å². The van der Waals surface area contributed by atoms with Gasteiger partial charge in [0.2, 0.25) is 0 Å². The van der Waals surface area contributed by atoms with E-state index in [1.165, 1.54) is 0 Å². The normalized spacial score (nSPS) is 10.1. The molecule has 0 radical (unpaired) electrons. The Hall–Kier alpha value is -2.06. The van der Waals surface area contributed by atoms with E-state index < -0.39 is 0 Å². The molecule has 0 unspecified atom stereocenters. The number of hydrogen-bond donors (Lipinski definition) is 2. The van der Waals surface area contributed by atoms with Crippen LogP contribution in [0, 0.1) is 0 Å². The minimum absolute atomic E-state index is 0.0466. The third kappa shape index (κ3) is 8.92. The smallest absolute Gasteiger partial charge is 0.257 e. The fourth-order valence-electron chi connectivity index (χ4n) is 2.01. The summed E-state index contributed by atoms with van der Waals surface area (Å²) in [6.07, 6.45) is 0.619. The zero-order valence-electron chi connectivity index (χ0n) is 14.5. The van der Waals surface area contributed by atoms with Crippen LogP contribution in [0.3, 0.4) is 0 Å². The topological polar surface area (TPSA) is 76.7 Å². The van der Waals surface area contributed by atoms with Crippen molar-refractivity contribution in [2.75, 3.05) is 26.3 Å². The largest absolute Gasteiger partial charge is 0.484 e. The van der Waals surface area contributed by atoms with E-state index in [9.17, 15) is 9.59 Å². The molecular formula is C19H20Br2N2O4. The van der Waals surface area contributed by atoms with Crippen molar-refractivity contribution in [3.8, 4) is 11.5 Å². The zero-order chi connectivity index (χ0) is 19.5. The first-order chi connectivity index (χ1) is 13.0. The molecule has 2 amide bonds. The minimum Gasteiger partial charge on any atom is -0.484 e. The van der Waals surface area contributed by atoms with E-state index in [1.807, 2.05) is 24.3 Å². The Morgan fingerprint density at radius 3 is 1.44 bits per heavy atom. The van der Waals surface area contributed by atoms with Gasteiger partial charge in [-0.3, -0.25) is 9.59 Å². The Kier molecular flexibility index (Phi) is 9.13. The van der Waals surface area contributed by atoms with Crippen molar-refractivity contribution in [1.29, 1.82) is 0 Å². The van der Waals surface area contributed by atoms with Crippen molar-refractivity contribution in [3.05, 3.63) is 57.5 Å². The molecular weight excluding hydrogens is 480 g/mol. The fourth-order valence-corrected chi connectivity index (χ4v) is 2.53. The van der Waals surface area contributed by atoms with Crippen LogP contribution in [0.5, 0.6) is 11.5 Å². The van der Waals surface area contributed by atoms with Crippen LogP contribution in [0.2, 0.25) is 0 Å². The molecule has 0 bridgehead atoms. The number of hydrogen-bond acceptors (Lipinski definition) is 4.